The van der Waals surface area contributed by atoms with Gasteiger partial charge in [0.1, 0.15) is 6.04 Å². The molecule has 1 aliphatic heterocycles. The van der Waals surface area contributed by atoms with E-state index in [1.807, 2.05) is 0 Å². The number of para-hydroxylation sites is 1. The van der Waals surface area contributed by atoms with Crippen molar-refractivity contribution in [2.75, 3.05) is 33.0 Å². The van der Waals surface area contributed by atoms with Gasteiger partial charge in [0.15, 0.2) is 0 Å². The number of quaternary nitrogens is 1. The maximum absolute atomic E-state index is 3.45. The summed E-state index contributed by atoms with van der Waals surface area (Å²) < 4.78 is 1.01. The largest absolute Gasteiger partial charge is 0.384 e. The summed E-state index contributed by atoms with van der Waals surface area (Å²) in [6, 6.07) is 9.29. The zero-order chi connectivity index (χ0) is 10.2. The number of benzene rings is 1. The lowest BCUT2D eigenvalue weighted by Crippen LogP contribution is -2.41. The van der Waals surface area contributed by atoms with Gasteiger partial charge in [-0.2, -0.15) is 0 Å². The number of nitrogens with zero attached hydrogens (tertiary/aromatic N) is 1. The van der Waals surface area contributed by atoms with E-state index in [4.69, 9.17) is 0 Å². The molecule has 1 heterocycles. The van der Waals surface area contributed by atoms with Gasteiger partial charge >= 0.3 is 0 Å². The Morgan fingerprint density at radius 3 is 2.64 bits per heavy atom. The Balaban J connectivity index is 2.41. The summed E-state index contributed by atoms with van der Waals surface area (Å²) in [6.07, 6.45) is 1.22. The SMILES string of the molecule is C[N+](C)(C)C1CCNc2ccccc21. The van der Waals surface area contributed by atoms with Crippen LogP contribution in [0.2, 0.25) is 0 Å². The molecule has 2 nitrogen and oxygen atoms in total. The van der Waals surface area contributed by atoms with E-state index in [9.17, 15) is 0 Å². The van der Waals surface area contributed by atoms with Crippen molar-refractivity contribution in [2.45, 2.75) is 12.5 Å². The van der Waals surface area contributed by atoms with Crippen LogP contribution < -0.4 is 5.32 Å². The van der Waals surface area contributed by atoms with Gasteiger partial charge in [0, 0.05) is 24.2 Å². The van der Waals surface area contributed by atoms with E-state index in [1.54, 1.807) is 0 Å². The van der Waals surface area contributed by atoms with Crippen LogP contribution in [-0.2, 0) is 0 Å². The van der Waals surface area contributed by atoms with Crippen LogP contribution in [-0.4, -0.2) is 32.2 Å². The zero-order valence-electron chi connectivity index (χ0n) is 9.25. The second-order valence-electron chi connectivity index (χ2n) is 4.93. The van der Waals surface area contributed by atoms with Gasteiger partial charge in [-0.15, -0.1) is 0 Å². The van der Waals surface area contributed by atoms with E-state index >= 15 is 0 Å². The molecular weight excluding hydrogens is 172 g/mol. The summed E-state index contributed by atoms with van der Waals surface area (Å²) in [7, 11) is 6.81. The molecule has 0 spiro atoms. The fourth-order valence-corrected chi connectivity index (χ4v) is 2.25. The first-order chi connectivity index (χ1) is 6.59. The summed E-state index contributed by atoms with van der Waals surface area (Å²) in [5, 5.41) is 3.45. The van der Waals surface area contributed by atoms with Gasteiger partial charge in [-0.1, -0.05) is 18.2 Å². The first-order valence-electron chi connectivity index (χ1n) is 5.23. The lowest BCUT2D eigenvalue weighted by Gasteiger charge is -2.38. The molecule has 0 bridgehead atoms. The molecule has 0 radical (unpaired) electrons. The summed E-state index contributed by atoms with van der Waals surface area (Å²) >= 11 is 0. The molecule has 0 saturated heterocycles. The number of rotatable bonds is 1. The maximum atomic E-state index is 3.45. The van der Waals surface area contributed by atoms with Crippen molar-refractivity contribution in [2.24, 2.45) is 0 Å². The quantitative estimate of drug-likeness (QED) is 0.671. The standard InChI is InChI=1S/C12H19N2/c1-14(2,3)12-8-9-13-11-7-5-4-6-10(11)12/h4-7,12-13H,8-9H2,1-3H3/q+1. The Labute approximate surface area is 86.1 Å². The first kappa shape index (κ1) is 9.53. The van der Waals surface area contributed by atoms with E-state index < -0.39 is 0 Å². The molecule has 1 N–H and O–H groups in total. The van der Waals surface area contributed by atoms with E-state index in [0.717, 1.165) is 11.0 Å². The second-order valence-corrected chi connectivity index (χ2v) is 4.93. The molecular formula is C12H19N2+. The molecule has 1 aromatic rings. The van der Waals surface area contributed by atoms with Gasteiger partial charge in [-0.05, 0) is 6.07 Å². The minimum Gasteiger partial charge on any atom is -0.384 e. The average molecular weight is 191 g/mol. The van der Waals surface area contributed by atoms with E-state index in [2.05, 4.69) is 50.7 Å². The topological polar surface area (TPSA) is 12.0 Å². The molecule has 1 unspecified atom stereocenters. The Hall–Kier alpha value is -1.02. The average Bonchev–Trinajstić information content (AvgIpc) is 2.15. The number of nitrogens with one attached hydrogen (secondary N) is 1. The maximum Gasteiger partial charge on any atom is 0.118 e. The van der Waals surface area contributed by atoms with Gasteiger partial charge in [0.2, 0.25) is 0 Å². The van der Waals surface area contributed by atoms with Crippen molar-refractivity contribution < 1.29 is 4.48 Å². The van der Waals surface area contributed by atoms with Gasteiger partial charge in [0.25, 0.3) is 0 Å². The van der Waals surface area contributed by atoms with E-state index in [1.165, 1.54) is 17.7 Å². The molecule has 1 aromatic carbocycles. The molecule has 14 heavy (non-hydrogen) atoms. The van der Waals surface area contributed by atoms with Crippen molar-refractivity contribution >= 4 is 5.69 Å². The van der Waals surface area contributed by atoms with Crippen molar-refractivity contribution in [3.63, 3.8) is 0 Å². The predicted molar refractivity (Wildman–Crippen MR) is 60.3 cm³/mol. The van der Waals surface area contributed by atoms with Crippen LogP contribution in [0.5, 0.6) is 0 Å². The minimum absolute atomic E-state index is 0.632. The molecule has 1 atom stereocenters. The highest BCUT2D eigenvalue weighted by Crippen LogP contribution is 2.35. The highest BCUT2D eigenvalue weighted by atomic mass is 15.3. The minimum atomic E-state index is 0.632. The smallest absolute Gasteiger partial charge is 0.118 e. The van der Waals surface area contributed by atoms with E-state index in [-0.39, 0.29) is 0 Å². The number of fused-ring (bicyclic) bond motifs is 1. The van der Waals surface area contributed by atoms with Crippen molar-refractivity contribution in [1.29, 1.82) is 0 Å². The number of anilines is 1. The summed E-state index contributed by atoms with van der Waals surface area (Å²) in [6.45, 7) is 1.09. The van der Waals surface area contributed by atoms with Gasteiger partial charge in [0.05, 0.1) is 21.1 Å². The van der Waals surface area contributed by atoms with Gasteiger partial charge in [-0.3, -0.25) is 0 Å². The van der Waals surface area contributed by atoms with Crippen LogP contribution in [0, 0.1) is 0 Å². The Morgan fingerprint density at radius 2 is 1.93 bits per heavy atom. The molecule has 0 aromatic heterocycles. The molecule has 0 aliphatic carbocycles. The second kappa shape index (κ2) is 3.28. The Kier molecular flexibility index (Phi) is 2.23. The highest BCUT2D eigenvalue weighted by Gasteiger charge is 2.29. The van der Waals surface area contributed by atoms with Crippen LogP contribution in [0.15, 0.2) is 24.3 Å². The molecule has 76 valence electrons. The molecule has 2 rings (SSSR count). The molecule has 2 heteroatoms. The number of hydrogen-bond donors (Lipinski definition) is 1. The van der Waals surface area contributed by atoms with E-state index in [0.29, 0.717) is 6.04 Å². The van der Waals surface area contributed by atoms with Crippen LogP contribution >= 0.6 is 0 Å². The van der Waals surface area contributed by atoms with Gasteiger partial charge in [-0.25, -0.2) is 0 Å². The third kappa shape index (κ3) is 1.62. The monoisotopic (exact) mass is 191 g/mol. The fraction of sp³-hybridized carbons (Fsp3) is 0.500. The Bertz CT molecular complexity index is 325. The van der Waals surface area contributed by atoms with Crippen LogP contribution in [0.4, 0.5) is 5.69 Å². The van der Waals surface area contributed by atoms with Crippen LogP contribution in [0.25, 0.3) is 0 Å². The van der Waals surface area contributed by atoms with Crippen LogP contribution in [0.1, 0.15) is 18.0 Å². The molecule has 0 amide bonds. The van der Waals surface area contributed by atoms with Crippen molar-refractivity contribution in [3.8, 4) is 0 Å². The van der Waals surface area contributed by atoms with Crippen molar-refractivity contribution in [3.05, 3.63) is 29.8 Å². The summed E-state index contributed by atoms with van der Waals surface area (Å²) in [5.41, 5.74) is 2.78. The normalized spacial score (nSPS) is 21.2. The third-order valence-corrected chi connectivity index (χ3v) is 2.99. The van der Waals surface area contributed by atoms with Crippen molar-refractivity contribution in [1.82, 2.24) is 0 Å². The number of hydrogen-bond acceptors (Lipinski definition) is 1. The summed E-state index contributed by atoms with van der Waals surface area (Å²) in [4.78, 5) is 0. The molecule has 0 saturated carbocycles. The van der Waals surface area contributed by atoms with Gasteiger partial charge < -0.3 is 9.80 Å². The molecule has 1 aliphatic rings. The predicted octanol–water partition coefficient (Wildman–Crippen LogP) is 2.25. The fourth-order valence-electron chi connectivity index (χ4n) is 2.25. The first-order valence-corrected chi connectivity index (χ1v) is 5.23. The van der Waals surface area contributed by atoms with Crippen LogP contribution in [0.3, 0.4) is 0 Å². The lowest BCUT2D eigenvalue weighted by atomic mass is 9.96. The highest BCUT2D eigenvalue weighted by molar-refractivity contribution is 5.53. The Morgan fingerprint density at radius 1 is 1.21 bits per heavy atom. The zero-order valence-corrected chi connectivity index (χ0v) is 9.25. The molecule has 0 fully saturated rings. The third-order valence-electron chi connectivity index (χ3n) is 2.99. The summed E-state index contributed by atoms with van der Waals surface area (Å²) in [5.74, 6) is 0. The lowest BCUT2D eigenvalue weighted by molar-refractivity contribution is -0.902.